The molecule has 2 rings (SSSR count). The van der Waals surface area contributed by atoms with Gasteiger partial charge >= 0.3 is 5.97 Å². The molecule has 2 aliphatic heterocycles. The summed E-state index contributed by atoms with van der Waals surface area (Å²) in [6.07, 6.45) is 3.29. The summed E-state index contributed by atoms with van der Waals surface area (Å²) in [5.41, 5.74) is 0. The van der Waals surface area contributed by atoms with Crippen molar-refractivity contribution < 1.29 is 24.2 Å². The number of ether oxygens (including phenoxy) is 2. The van der Waals surface area contributed by atoms with Crippen LogP contribution in [0, 0.1) is 5.92 Å². The van der Waals surface area contributed by atoms with Gasteiger partial charge < -0.3 is 19.5 Å². The average Bonchev–Trinajstić information content (AvgIpc) is 2.95. The highest BCUT2D eigenvalue weighted by Gasteiger charge is 2.33. The molecule has 1 N–H and O–H groups in total. The number of carboxylic acid groups (broad SMARTS) is 1. The number of carboxylic acids is 1. The third-order valence-electron chi connectivity index (χ3n) is 4.00. The van der Waals surface area contributed by atoms with Crippen molar-refractivity contribution >= 4 is 11.9 Å². The van der Waals surface area contributed by atoms with Crippen LogP contribution in [0.15, 0.2) is 0 Å². The SMILES string of the molecule is C[C@H](OC[C@H]1CCCCO1)C(=O)N1CC[C@@H](C(=O)O)C1. The Labute approximate surface area is 119 Å². The van der Waals surface area contributed by atoms with Crippen LogP contribution < -0.4 is 0 Å². The molecule has 0 radical (unpaired) electrons. The number of aliphatic carboxylic acids is 1. The first-order valence-corrected chi connectivity index (χ1v) is 7.32. The van der Waals surface area contributed by atoms with Crippen LogP contribution in [0.5, 0.6) is 0 Å². The van der Waals surface area contributed by atoms with Gasteiger partial charge in [-0.1, -0.05) is 0 Å². The van der Waals surface area contributed by atoms with Crippen molar-refractivity contribution in [3.05, 3.63) is 0 Å². The van der Waals surface area contributed by atoms with E-state index in [9.17, 15) is 9.59 Å². The number of likely N-dealkylation sites (tertiary alicyclic amines) is 1. The molecule has 6 nitrogen and oxygen atoms in total. The summed E-state index contributed by atoms with van der Waals surface area (Å²) in [4.78, 5) is 24.6. The zero-order valence-electron chi connectivity index (χ0n) is 11.9. The van der Waals surface area contributed by atoms with Crippen LogP contribution in [0.3, 0.4) is 0 Å². The van der Waals surface area contributed by atoms with Crippen molar-refractivity contribution in [2.24, 2.45) is 5.92 Å². The Kier molecular flexibility index (Phi) is 5.37. The molecule has 0 aliphatic carbocycles. The molecule has 0 spiro atoms. The normalized spacial score (nSPS) is 28.4. The van der Waals surface area contributed by atoms with E-state index in [1.54, 1.807) is 11.8 Å². The summed E-state index contributed by atoms with van der Waals surface area (Å²) in [5.74, 6) is -1.39. The monoisotopic (exact) mass is 285 g/mol. The molecule has 0 saturated carbocycles. The topological polar surface area (TPSA) is 76.1 Å². The highest BCUT2D eigenvalue weighted by molar-refractivity contribution is 5.82. The van der Waals surface area contributed by atoms with Gasteiger partial charge in [0.15, 0.2) is 0 Å². The standard InChI is InChI=1S/C14H23NO5/c1-10(20-9-12-4-2-3-7-19-12)13(16)15-6-5-11(8-15)14(17)18/h10-12H,2-9H2,1H3,(H,17,18)/t10-,11+,12+/m0/s1. The van der Waals surface area contributed by atoms with Crippen molar-refractivity contribution in [3.8, 4) is 0 Å². The molecule has 20 heavy (non-hydrogen) atoms. The van der Waals surface area contributed by atoms with E-state index in [0.717, 1.165) is 25.9 Å². The quantitative estimate of drug-likeness (QED) is 0.812. The van der Waals surface area contributed by atoms with Crippen LogP contribution in [0.4, 0.5) is 0 Å². The molecular weight excluding hydrogens is 262 g/mol. The van der Waals surface area contributed by atoms with Gasteiger partial charge in [0.1, 0.15) is 6.10 Å². The predicted octanol–water partition coefficient (Wildman–Crippen LogP) is 0.894. The minimum atomic E-state index is -0.829. The van der Waals surface area contributed by atoms with Gasteiger partial charge in [-0.05, 0) is 32.6 Å². The fourth-order valence-corrected chi connectivity index (χ4v) is 2.68. The minimum Gasteiger partial charge on any atom is -0.481 e. The van der Waals surface area contributed by atoms with Crippen molar-refractivity contribution in [2.75, 3.05) is 26.3 Å². The third-order valence-corrected chi connectivity index (χ3v) is 4.00. The molecule has 6 heteroatoms. The van der Waals surface area contributed by atoms with E-state index in [4.69, 9.17) is 14.6 Å². The molecule has 2 heterocycles. The molecule has 1 amide bonds. The number of amides is 1. The molecule has 0 aromatic heterocycles. The van der Waals surface area contributed by atoms with E-state index >= 15 is 0 Å². The second-order valence-electron chi connectivity index (χ2n) is 5.57. The third kappa shape index (κ3) is 3.93. The van der Waals surface area contributed by atoms with Gasteiger partial charge in [0.25, 0.3) is 5.91 Å². The minimum absolute atomic E-state index is 0.0874. The Morgan fingerprint density at radius 3 is 2.80 bits per heavy atom. The Morgan fingerprint density at radius 1 is 1.40 bits per heavy atom. The Bertz CT molecular complexity index is 353. The Balaban J connectivity index is 1.73. The largest absolute Gasteiger partial charge is 0.481 e. The van der Waals surface area contributed by atoms with Gasteiger partial charge in [-0.2, -0.15) is 0 Å². The van der Waals surface area contributed by atoms with Gasteiger partial charge in [-0.25, -0.2) is 0 Å². The summed E-state index contributed by atoms with van der Waals surface area (Å²) in [7, 11) is 0. The molecule has 2 fully saturated rings. The zero-order valence-corrected chi connectivity index (χ0v) is 11.9. The van der Waals surface area contributed by atoms with E-state index in [0.29, 0.717) is 26.1 Å². The van der Waals surface area contributed by atoms with Crippen LogP contribution in [-0.4, -0.2) is 60.4 Å². The van der Waals surface area contributed by atoms with Crippen molar-refractivity contribution in [3.63, 3.8) is 0 Å². The number of hydrogen-bond donors (Lipinski definition) is 1. The van der Waals surface area contributed by atoms with Crippen molar-refractivity contribution in [1.29, 1.82) is 0 Å². The number of rotatable bonds is 5. The fraction of sp³-hybridized carbons (Fsp3) is 0.857. The van der Waals surface area contributed by atoms with Crippen molar-refractivity contribution in [2.45, 2.75) is 44.8 Å². The van der Waals surface area contributed by atoms with E-state index in [1.807, 2.05) is 0 Å². The van der Waals surface area contributed by atoms with Crippen LogP contribution in [0.25, 0.3) is 0 Å². The zero-order chi connectivity index (χ0) is 14.5. The summed E-state index contributed by atoms with van der Waals surface area (Å²) in [5, 5.41) is 8.94. The van der Waals surface area contributed by atoms with Crippen LogP contribution in [0.1, 0.15) is 32.6 Å². The lowest BCUT2D eigenvalue weighted by molar-refractivity contribution is -0.146. The smallest absolute Gasteiger partial charge is 0.308 e. The summed E-state index contributed by atoms with van der Waals surface area (Å²) in [6, 6.07) is 0. The molecule has 2 aliphatic rings. The second-order valence-corrected chi connectivity index (χ2v) is 5.57. The van der Waals surface area contributed by atoms with Crippen LogP contribution in [0.2, 0.25) is 0 Å². The number of nitrogens with zero attached hydrogens (tertiary/aromatic N) is 1. The lowest BCUT2D eigenvalue weighted by atomic mass is 10.1. The maximum Gasteiger partial charge on any atom is 0.308 e. The Hall–Kier alpha value is -1.14. The first-order chi connectivity index (χ1) is 9.58. The second kappa shape index (κ2) is 7.04. The summed E-state index contributed by atoms with van der Waals surface area (Å²) in [6.45, 7) is 3.72. The summed E-state index contributed by atoms with van der Waals surface area (Å²) >= 11 is 0. The molecule has 0 unspecified atom stereocenters. The van der Waals surface area contributed by atoms with Crippen LogP contribution in [-0.2, 0) is 19.1 Å². The van der Waals surface area contributed by atoms with Gasteiger partial charge in [-0.15, -0.1) is 0 Å². The van der Waals surface area contributed by atoms with Gasteiger partial charge in [-0.3, -0.25) is 9.59 Å². The summed E-state index contributed by atoms with van der Waals surface area (Å²) < 4.78 is 11.1. The maximum absolute atomic E-state index is 12.2. The lowest BCUT2D eigenvalue weighted by Crippen LogP contribution is -2.39. The van der Waals surface area contributed by atoms with Crippen LogP contribution >= 0.6 is 0 Å². The highest BCUT2D eigenvalue weighted by atomic mass is 16.5. The highest BCUT2D eigenvalue weighted by Crippen LogP contribution is 2.18. The van der Waals surface area contributed by atoms with Gasteiger partial charge in [0.2, 0.25) is 0 Å². The number of carbonyl (C=O) groups is 2. The fourth-order valence-electron chi connectivity index (χ4n) is 2.68. The molecular formula is C14H23NO5. The Morgan fingerprint density at radius 2 is 2.20 bits per heavy atom. The van der Waals surface area contributed by atoms with E-state index < -0.39 is 18.0 Å². The van der Waals surface area contributed by atoms with E-state index in [1.165, 1.54) is 0 Å². The number of carbonyl (C=O) groups excluding carboxylic acids is 1. The molecule has 0 bridgehead atoms. The lowest BCUT2D eigenvalue weighted by Gasteiger charge is -2.25. The van der Waals surface area contributed by atoms with Gasteiger partial charge in [0, 0.05) is 19.7 Å². The first kappa shape index (κ1) is 15.3. The molecule has 0 aromatic carbocycles. The maximum atomic E-state index is 12.2. The molecule has 3 atom stereocenters. The first-order valence-electron chi connectivity index (χ1n) is 7.32. The molecule has 2 saturated heterocycles. The predicted molar refractivity (Wildman–Crippen MR) is 71.3 cm³/mol. The van der Waals surface area contributed by atoms with E-state index in [2.05, 4.69) is 0 Å². The average molecular weight is 285 g/mol. The van der Waals surface area contributed by atoms with Gasteiger partial charge in [0.05, 0.1) is 18.6 Å². The van der Waals surface area contributed by atoms with Crippen molar-refractivity contribution in [1.82, 2.24) is 4.90 Å². The molecule has 114 valence electrons. The molecule has 0 aromatic rings. The number of hydrogen-bond acceptors (Lipinski definition) is 4. The van der Waals surface area contributed by atoms with E-state index in [-0.39, 0.29) is 12.0 Å².